The Morgan fingerprint density at radius 1 is 1.17 bits per heavy atom. The second-order valence-electron chi connectivity index (χ2n) is 5.98. The molecule has 2 atom stereocenters. The smallest absolute Gasteiger partial charge is 0.0926 e. The monoisotopic (exact) mass is 245 g/mol. The first kappa shape index (κ1) is 12.2. The summed E-state index contributed by atoms with van der Waals surface area (Å²) >= 11 is 0. The van der Waals surface area contributed by atoms with Gasteiger partial charge in [0.1, 0.15) is 0 Å². The molecule has 0 saturated carbocycles. The molecule has 2 heteroatoms. The highest BCUT2D eigenvalue weighted by atomic mass is 16.3. The van der Waals surface area contributed by atoms with Crippen molar-refractivity contribution in [1.82, 2.24) is 5.32 Å². The molecule has 18 heavy (non-hydrogen) atoms. The summed E-state index contributed by atoms with van der Waals surface area (Å²) in [4.78, 5) is 0. The summed E-state index contributed by atoms with van der Waals surface area (Å²) in [6.07, 6.45) is 6.54. The van der Waals surface area contributed by atoms with Gasteiger partial charge in [-0.05, 0) is 43.2 Å². The molecule has 0 spiro atoms. The van der Waals surface area contributed by atoms with Gasteiger partial charge in [0, 0.05) is 12.1 Å². The highest BCUT2D eigenvalue weighted by molar-refractivity contribution is 5.28. The van der Waals surface area contributed by atoms with Crippen molar-refractivity contribution in [2.75, 3.05) is 0 Å². The lowest BCUT2D eigenvalue weighted by Crippen LogP contribution is -2.54. The van der Waals surface area contributed by atoms with Gasteiger partial charge >= 0.3 is 0 Å². The highest BCUT2D eigenvalue weighted by Crippen LogP contribution is 2.39. The third kappa shape index (κ3) is 2.19. The van der Waals surface area contributed by atoms with Crippen LogP contribution in [0.3, 0.4) is 0 Å². The molecule has 2 aliphatic rings. The van der Waals surface area contributed by atoms with E-state index in [9.17, 15) is 5.11 Å². The Labute approximate surface area is 109 Å². The standard InChI is InChI=1S/C16H23NO/c1-2-12-6-8-13(9-7-12)16(18)10-14-4-3-5-15(11-16)17-14/h6-9,14-15,17-18H,2-5,10-11H2,1H3. The molecule has 3 rings (SSSR count). The van der Waals surface area contributed by atoms with Gasteiger partial charge in [-0.25, -0.2) is 0 Å². The number of aliphatic hydroxyl groups is 1. The Hall–Kier alpha value is -0.860. The maximum Gasteiger partial charge on any atom is 0.0926 e. The Kier molecular flexibility index (Phi) is 3.16. The number of aryl methyl sites for hydroxylation is 1. The van der Waals surface area contributed by atoms with E-state index in [1.165, 1.54) is 24.8 Å². The number of hydrogen-bond acceptors (Lipinski definition) is 2. The lowest BCUT2D eigenvalue weighted by Gasteiger charge is -2.45. The van der Waals surface area contributed by atoms with Crippen LogP contribution in [0.4, 0.5) is 0 Å². The van der Waals surface area contributed by atoms with Crippen molar-refractivity contribution < 1.29 is 5.11 Å². The van der Waals surface area contributed by atoms with Crippen molar-refractivity contribution in [2.24, 2.45) is 0 Å². The van der Waals surface area contributed by atoms with E-state index in [1.807, 2.05) is 0 Å². The van der Waals surface area contributed by atoms with Crippen LogP contribution in [0, 0.1) is 0 Å². The quantitative estimate of drug-likeness (QED) is 0.839. The first-order chi connectivity index (χ1) is 8.69. The molecule has 2 nitrogen and oxygen atoms in total. The lowest BCUT2D eigenvalue weighted by atomic mass is 9.74. The lowest BCUT2D eigenvalue weighted by molar-refractivity contribution is -0.0358. The van der Waals surface area contributed by atoms with Crippen LogP contribution in [0.1, 0.15) is 50.2 Å². The van der Waals surface area contributed by atoms with Gasteiger partial charge in [0.05, 0.1) is 5.60 Å². The second kappa shape index (κ2) is 4.67. The van der Waals surface area contributed by atoms with Gasteiger partial charge in [-0.15, -0.1) is 0 Å². The van der Waals surface area contributed by atoms with Gasteiger partial charge in [0.2, 0.25) is 0 Å². The molecule has 0 radical (unpaired) electrons. The molecule has 2 fully saturated rings. The first-order valence-corrected chi connectivity index (χ1v) is 7.27. The van der Waals surface area contributed by atoms with Crippen LogP contribution < -0.4 is 5.32 Å². The van der Waals surface area contributed by atoms with Crippen LogP contribution in [0.15, 0.2) is 24.3 Å². The molecule has 1 aromatic carbocycles. The molecule has 0 aliphatic carbocycles. The molecule has 2 unspecified atom stereocenters. The molecule has 2 bridgehead atoms. The van der Waals surface area contributed by atoms with E-state index in [1.54, 1.807) is 0 Å². The van der Waals surface area contributed by atoms with Crippen molar-refractivity contribution in [1.29, 1.82) is 0 Å². The molecule has 2 saturated heterocycles. The fourth-order valence-electron chi connectivity index (χ4n) is 3.62. The zero-order valence-electron chi connectivity index (χ0n) is 11.2. The number of hydrogen-bond donors (Lipinski definition) is 2. The van der Waals surface area contributed by atoms with Crippen molar-refractivity contribution >= 4 is 0 Å². The fourth-order valence-corrected chi connectivity index (χ4v) is 3.62. The molecular formula is C16H23NO. The molecule has 2 aliphatic heterocycles. The van der Waals surface area contributed by atoms with Crippen molar-refractivity contribution in [2.45, 2.75) is 63.1 Å². The van der Waals surface area contributed by atoms with E-state index in [0.717, 1.165) is 24.8 Å². The van der Waals surface area contributed by atoms with Crippen LogP contribution in [0.5, 0.6) is 0 Å². The van der Waals surface area contributed by atoms with Crippen molar-refractivity contribution in [3.63, 3.8) is 0 Å². The summed E-state index contributed by atoms with van der Waals surface area (Å²) in [6.45, 7) is 2.17. The van der Waals surface area contributed by atoms with Crippen LogP contribution >= 0.6 is 0 Å². The summed E-state index contributed by atoms with van der Waals surface area (Å²) in [5, 5.41) is 14.6. The Balaban J connectivity index is 1.84. The van der Waals surface area contributed by atoms with Gasteiger partial charge in [0.25, 0.3) is 0 Å². The maximum atomic E-state index is 11.0. The van der Waals surface area contributed by atoms with Crippen molar-refractivity contribution in [3.8, 4) is 0 Å². The van der Waals surface area contributed by atoms with E-state index in [2.05, 4.69) is 36.5 Å². The molecule has 0 aromatic heterocycles. The van der Waals surface area contributed by atoms with E-state index >= 15 is 0 Å². The molecule has 1 aromatic rings. The van der Waals surface area contributed by atoms with Crippen LogP contribution in [0.2, 0.25) is 0 Å². The highest BCUT2D eigenvalue weighted by Gasteiger charge is 2.41. The predicted octanol–water partition coefficient (Wildman–Crippen LogP) is 2.74. The van der Waals surface area contributed by atoms with Gasteiger partial charge in [-0.2, -0.15) is 0 Å². The normalized spacial score (nSPS) is 35.4. The number of nitrogens with one attached hydrogen (secondary N) is 1. The van der Waals surface area contributed by atoms with Gasteiger partial charge < -0.3 is 10.4 Å². The Morgan fingerprint density at radius 2 is 1.78 bits per heavy atom. The fraction of sp³-hybridized carbons (Fsp3) is 0.625. The molecule has 0 amide bonds. The third-order valence-electron chi connectivity index (χ3n) is 4.64. The van der Waals surface area contributed by atoms with E-state index < -0.39 is 5.60 Å². The minimum absolute atomic E-state index is 0.508. The van der Waals surface area contributed by atoms with Crippen LogP contribution in [-0.2, 0) is 12.0 Å². The molecule has 98 valence electrons. The Bertz CT molecular complexity index is 400. The van der Waals surface area contributed by atoms with Crippen LogP contribution in [-0.4, -0.2) is 17.2 Å². The summed E-state index contributed by atoms with van der Waals surface area (Å²) in [5.74, 6) is 0. The molecular weight excluding hydrogens is 222 g/mol. The average molecular weight is 245 g/mol. The second-order valence-corrected chi connectivity index (χ2v) is 5.98. The van der Waals surface area contributed by atoms with Gasteiger partial charge in [-0.3, -0.25) is 0 Å². The summed E-state index contributed by atoms with van der Waals surface area (Å²) in [7, 11) is 0. The van der Waals surface area contributed by atoms with Crippen molar-refractivity contribution in [3.05, 3.63) is 35.4 Å². The van der Waals surface area contributed by atoms with Gasteiger partial charge in [0.15, 0.2) is 0 Å². The molecule has 2 N–H and O–H groups in total. The zero-order valence-corrected chi connectivity index (χ0v) is 11.2. The average Bonchev–Trinajstić information content (AvgIpc) is 2.38. The van der Waals surface area contributed by atoms with Gasteiger partial charge in [-0.1, -0.05) is 37.6 Å². The maximum absolute atomic E-state index is 11.0. The first-order valence-electron chi connectivity index (χ1n) is 7.27. The minimum atomic E-state index is -0.604. The number of rotatable bonds is 2. The predicted molar refractivity (Wildman–Crippen MR) is 73.5 cm³/mol. The summed E-state index contributed by atoms with van der Waals surface area (Å²) in [6, 6.07) is 9.58. The zero-order chi connectivity index (χ0) is 12.6. The molecule has 2 heterocycles. The van der Waals surface area contributed by atoms with Crippen LogP contribution in [0.25, 0.3) is 0 Å². The summed E-state index contributed by atoms with van der Waals surface area (Å²) < 4.78 is 0. The number of piperidine rings is 2. The summed E-state index contributed by atoms with van der Waals surface area (Å²) in [5.41, 5.74) is 1.85. The SMILES string of the molecule is CCc1ccc(C2(O)CC3CCCC(C2)N3)cc1. The van der Waals surface area contributed by atoms with E-state index in [4.69, 9.17) is 0 Å². The minimum Gasteiger partial charge on any atom is -0.385 e. The third-order valence-corrected chi connectivity index (χ3v) is 4.64. The van der Waals surface area contributed by atoms with E-state index in [0.29, 0.717) is 12.1 Å². The topological polar surface area (TPSA) is 32.3 Å². The Morgan fingerprint density at radius 3 is 2.33 bits per heavy atom. The number of fused-ring (bicyclic) bond motifs is 2. The number of benzene rings is 1. The van der Waals surface area contributed by atoms with E-state index in [-0.39, 0.29) is 0 Å². The largest absolute Gasteiger partial charge is 0.385 e.